The number of nitrogens with zero attached hydrogens (tertiary/aromatic N) is 2. The molecule has 1 saturated heterocycles. The molecule has 1 aromatic carbocycles. The van der Waals surface area contributed by atoms with E-state index in [-0.39, 0.29) is 31.2 Å². The van der Waals surface area contributed by atoms with Crippen molar-refractivity contribution in [2.75, 3.05) is 33.0 Å². The molecule has 35 heavy (non-hydrogen) atoms. The van der Waals surface area contributed by atoms with Crippen molar-refractivity contribution in [1.82, 2.24) is 9.80 Å². The Hall–Kier alpha value is -2.28. The maximum atomic E-state index is 13.5. The summed E-state index contributed by atoms with van der Waals surface area (Å²) in [6.07, 6.45) is 6.88. The van der Waals surface area contributed by atoms with Crippen LogP contribution in [0.5, 0.6) is 11.5 Å². The molecule has 2 aliphatic heterocycles. The van der Waals surface area contributed by atoms with Gasteiger partial charge in [-0.25, -0.2) is 0 Å². The first-order chi connectivity index (χ1) is 16.9. The zero-order valence-corrected chi connectivity index (χ0v) is 22.0. The van der Waals surface area contributed by atoms with Gasteiger partial charge in [0.2, 0.25) is 12.7 Å². The predicted octanol–water partition coefficient (Wildman–Crippen LogP) is 5.14. The molecule has 0 unspecified atom stereocenters. The van der Waals surface area contributed by atoms with Gasteiger partial charge in [0.1, 0.15) is 0 Å². The van der Waals surface area contributed by atoms with Crippen LogP contribution in [0.4, 0.5) is 0 Å². The SMILES string of the molecule is CCCCN(CCCC)C(=O)CN1C[C@H](c2ccc3c(c2)OCO3)[C@H](C(=O)O)[C@H]1CC(CC)CC. The second-order valence-electron chi connectivity index (χ2n) is 10.1. The molecule has 2 aliphatic rings. The van der Waals surface area contributed by atoms with Crippen molar-refractivity contribution < 1.29 is 24.2 Å². The Labute approximate surface area is 210 Å². The third kappa shape index (κ3) is 6.69. The maximum absolute atomic E-state index is 13.5. The molecule has 0 bridgehead atoms. The van der Waals surface area contributed by atoms with Gasteiger partial charge in [0.05, 0.1) is 12.5 Å². The first-order valence-electron chi connectivity index (χ1n) is 13.6. The summed E-state index contributed by atoms with van der Waals surface area (Å²) in [5.41, 5.74) is 0.944. The lowest BCUT2D eigenvalue weighted by atomic mass is 9.81. The van der Waals surface area contributed by atoms with Crippen LogP contribution in [0.3, 0.4) is 0 Å². The average molecular weight is 489 g/mol. The Morgan fingerprint density at radius 3 is 2.31 bits per heavy atom. The number of fused-ring (bicyclic) bond motifs is 1. The largest absolute Gasteiger partial charge is 0.481 e. The Kier molecular flexibility index (Phi) is 10.3. The fraction of sp³-hybridized carbons (Fsp3) is 0.714. The number of amides is 1. The molecule has 196 valence electrons. The van der Waals surface area contributed by atoms with Crippen molar-refractivity contribution in [2.24, 2.45) is 11.8 Å². The molecule has 0 saturated carbocycles. The lowest BCUT2D eigenvalue weighted by molar-refractivity contribution is -0.144. The summed E-state index contributed by atoms with van der Waals surface area (Å²) >= 11 is 0. The monoisotopic (exact) mass is 488 g/mol. The first kappa shape index (κ1) is 27.3. The van der Waals surface area contributed by atoms with Gasteiger partial charge in [0, 0.05) is 31.6 Å². The van der Waals surface area contributed by atoms with Gasteiger partial charge in [-0.15, -0.1) is 0 Å². The highest BCUT2D eigenvalue weighted by Crippen LogP contribution is 2.43. The topological polar surface area (TPSA) is 79.3 Å². The fourth-order valence-corrected chi connectivity index (χ4v) is 5.56. The summed E-state index contributed by atoms with van der Waals surface area (Å²) in [6.45, 7) is 11.2. The molecule has 7 heteroatoms. The molecular weight excluding hydrogens is 444 g/mol. The summed E-state index contributed by atoms with van der Waals surface area (Å²) in [5.74, 6) is 0.373. The molecule has 1 N–H and O–H groups in total. The summed E-state index contributed by atoms with van der Waals surface area (Å²) in [5, 5.41) is 10.4. The summed E-state index contributed by atoms with van der Waals surface area (Å²) in [6, 6.07) is 5.59. The number of carbonyl (C=O) groups is 2. The molecule has 0 aliphatic carbocycles. The second kappa shape index (κ2) is 13.1. The van der Waals surface area contributed by atoms with E-state index in [0.717, 1.165) is 63.6 Å². The Morgan fingerprint density at radius 2 is 1.71 bits per heavy atom. The van der Waals surface area contributed by atoms with Crippen molar-refractivity contribution >= 4 is 11.9 Å². The number of hydrogen-bond acceptors (Lipinski definition) is 5. The van der Waals surface area contributed by atoms with Crippen LogP contribution >= 0.6 is 0 Å². The minimum absolute atomic E-state index is 0.122. The minimum Gasteiger partial charge on any atom is -0.481 e. The Morgan fingerprint density at radius 1 is 1.06 bits per heavy atom. The molecule has 7 nitrogen and oxygen atoms in total. The normalized spacial score (nSPS) is 21.6. The number of rotatable bonds is 14. The van der Waals surface area contributed by atoms with Crippen molar-refractivity contribution in [1.29, 1.82) is 0 Å². The molecule has 0 spiro atoms. The van der Waals surface area contributed by atoms with Gasteiger partial charge < -0.3 is 19.5 Å². The molecule has 3 atom stereocenters. The zero-order chi connectivity index (χ0) is 25.4. The lowest BCUT2D eigenvalue weighted by Gasteiger charge is -2.31. The Balaban J connectivity index is 1.88. The lowest BCUT2D eigenvalue weighted by Crippen LogP contribution is -2.45. The van der Waals surface area contributed by atoms with Crippen molar-refractivity contribution in [3.63, 3.8) is 0 Å². The number of carboxylic acid groups (broad SMARTS) is 1. The van der Waals surface area contributed by atoms with E-state index in [1.54, 1.807) is 0 Å². The van der Waals surface area contributed by atoms with Crippen LogP contribution in [0, 0.1) is 11.8 Å². The molecule has 2 heterocycles. The molecular formula is C28H44N2O5. The number of aliphatic carboxylic acids is 1. The van der Waals surface area contributed by atoms with E-state index in [1.165, 1.54) is 0 Å². The zero-order valence-electron chi connectivity index (χ0n) is 22.0. The molecule has 1 fully saturated rings. The maximum Gasteiger partial charge on any atom is 0.308 e. The van der Waals surface area contributed by atoms with Crippen LogP contribution in [0.1, 0.15) is 84.1 Å². The van der Waals surface area contributed by atoms with E-state index in [4.69, 9.17) is 9.47 Å². The quantitative estimate of drug-likeness (QED) is 0.391. The predicted molar refractivity (Wildman–Crippen MR) is 137 cm³/mol. The van der Waals surface area contributed by atoms with Crippen LogP contribution in [0.15, 0.2) is 18.2 Å². The third-order valence-electron chi connectivity index (χ3n) is 7.84. The third-order valence-corrected chi connectivity index (χ3v) is 7.84. The van der Waals surface area contributed by atoms with E-state index in [0.29, 0.717) is 24.0 Å². The number of ether oxygens (including phenoxy) is 2. The van der Waals surface area contributed by atoms with Crippen molar-refractivity contribution in [3.8, 4) is 11.5 Å². The van der Waals surface area contributed by atoms with Crippen LogP contribution in [-0.4, -0.2) is 65.8 Å². The van der Waals surface area contributed by atoms with Crippen molar-refractivity contribution in [2.45, 2.75) is 84.6 Å². The number of hydrogen-bond donors (Lipinski definition) is 1. The summed E-state index contributed by atoms with van der Waals surface area (Å²) in [7, 11) is 0. The van der Waals surface area contributed by atoms with Gasteiger partial charge in [0.25, 0.3) is 0 Å². The smallest absolute Gasteiger partial charge is 0.308 e. The van der Waals surface area contributed by atoms with E-state index in [1.807, 2.05) is 23.1 Å². The number of carbonyl (C=O) groups excluding carboxylic acids is 1. The number of carboxylic acids is 1. The van der Waals surface area contributed by atoms with E-state index >= 15 is 0 Å². The molecule has 0 aromatic heterocycles. The van der Waals surface area contributed by atoms with Crippen LogP contribution in [0.25, 0.3) is 0 Å². The average Bonchev–Trinajstić information content (AvgIpc) is 3.46. The van der Waals surface area contributed by atoms with Gasteiger partial charge >= 0.3 is 5.97 Å². The number of likely N-dealkylation sites (tertiary alicyclic amines) is 1. The van der Waals surface area contributed by atoms with Gasteiger partial charge in [-0.1, -0.05) is 59.4 Å². The van der Waals surface area contributed by atoms with Gasteiger partial charge in [-0.2, -0.15) is 0 Å². The van der Waals surface area contributed by atoms with Gasteiger partial charge in [-0.05, 0) is 42.9 Å². The minimum atomic E-state index is -0.785. The van der Waals surface area contributed by atoms with Crippen LogP contribution < -0.4 is 9.47 Å². The van der Waals surface area contributed by atoms with E-state index < -0.39 is 11.9 Å². The van der Waals surface area contributed by atoms with Crippen LogP contribution in [-0.2, 0) is 9.59 Å². The Bertz CT molecular complexity index is 833. The molecule has 3 rings (SSSR count). The van der Waals surface area contributed by atoms with E-state index in [2.05, 4.69) is 32.6 Å². The van der Waals surface area contributed by atoms with Gasteiger partial charge in [0.15, 0.2) is 11.5 Å². The number of benzene rings is 1. The standard InChI is InChI=1S/C28H44N2O5/c1-5-9-13-29(14-10-6-2)26(31)18-30-17-22(21-11-12-24-25(16-21)35-19-34-24)27(28(32)33)23(30)15-20(7-3)8-4/h11-12,16,20,22-23,27H,5-10,13-15,17-19H2,1-4H3,(H,32,33)/t22-,23-,27+/m1/s1. The fourth-order valence-electron chi connectivity index (χ4n) is 5.56. The first-order valence-corrected chi connectivity index (χ1v) is 13.6. The highest BCUT2D eigenvalue weighted by molar-refractivity contribution is 5.79. The van der Waals surface area contributed by atoms with E-state index in [9.17, 15) is 14.7 Å². The van der Waals surface area contributed by atoms with Crippen LogP contribution in [0.2, 0.25) is 0 Å². The van der Waals surface area contributed by atoms with Gasteiger partial charge in [-0.3, -0.25) is 14.5 Å². The molecule has 1 amide bonds. The highest BCUT2D eigenvalue weighted by atomic mass is 16.7. The highest BCUT2D eigenvalue weighted by Gasteiger charge is 2.47. The second-order valence-corrected chi connectivity index (χ2v) is 10.1. The summed E-state index contributed by atoms with van der Waals surface area (Å²) < 4.78 is 11.0. The summed E-state index contributed by atoms with van der Waals surface area (Å²) in [4.78, 5) is 30.3. The molecule has 1 aromatic rings. The number of unbranched alkanes of at least 4 members (excludes halogenated alkanes) is 2. The van der Waals surface area contributed by atoms with Crippen molar-refractivity contribution in [3.05, 3.63) is 23.8 Å². The molecule has 0 radical (unpaired) electrons.